The molecule has 0 fully saturated rings. The molecule has 0 saturated heterocycles. The average molecular weight is 401 g/mol. The summed E-state index contributed by atoms with van der Waals surface area (Å²) < 4.78 is 0. The number of benzene rings is 1. The van der Waals surface area contributed by atoms with Crippen LogP contribution in [-0.2, 0) is 0 Å². The third-order valence-corrected chi connectivity index (χ3v) is 4.04. The smallest absolute Gasteiger partial charge is 0.260 e. The van der Waals surface area contributed by atoms with Crippen molar-refractivity contribution in [3.05, 3.63) is 81.6 Å². The van der Waals surface area contributed by atoms with Crippen LogP contribution in [0.3, 0.4) is 0 Å². The molecular formula is C19H14Cl2N4O2. The number of carbonyl (C=O) groups excluding carboxylic acids is 2. The van der Waals surface area contributed by atoms with E-state index in [-0.39, 0.29) is 22.3 Å². The van der Waals surface area contributed by atoms with Gasteiger partial charge in [0.15, 0.2) is 0 Å². The average Bonchev–Trinajstić information content (AvgIpc) is 2.65. The van der Waals surface area contributed by atoms with Crippen LogP contribution in [0.4, 0.5) is 11.6 Å². The van der Waals surface area contributed by atoms with Crippen LogP contribution in [0.1, 0.15) is 26.3 Å². The molecule has 0 saturated carbocycles. The van der Waals surface area contributed by atoms with E-state index in [9.17, 15) is 9.59 Å². The number of amides is 2. The van der Waals surface area contributed by atoms with Gasteiger partial charge in [0, 0.05) is 18.0 Å². The lowest BCUT2D eigenvalue weighted by Gasteiger charge is -2.11. The van der Waals surface area contributed by atoms with Crippen LogP contribution in [0.25, 0.3) is 0 Å². The Labute approximate surface area is 165 Å². The molecule has 0 bridgehead atoms. The predicted octanol–water partition coefficient (Wildman–Crippen LogP) is 4.60. The molecule has 2 N–H and O–H groups in total. The zero-order valence-corrected chi connectivity index (χ0v) is 15.7. The molecule has 0 aliphatic rings. The Morgan fingerprint density at radius 3 is 2.22 bits per heavy atom. The number of anilines is 2. The summed E-state index contributed by atoms with van der Waals surface area (Å²) in [7, 11) is 0. The molecule has 2 heterocycles. The van der Waals surface area contributed by atoms with Gasteiger partial charge < -0.3 is 10.6 Å². The van der Waals surface area contributed by atoms with Crippen molar-refractivity contribution in [3.8, 4) is 0 Å². The zero-order chi connectivity index (χ0) is 19.4. The van der Waals surface area contributed by atoms with Gasteiger partial charge in [0.2, 0.25) is 0 Å². The highest BCUT2D eigenvalue weighted by Crippen LogP contribution is 2.20. The summed E-state index contributed by atoms with van der Waals surface area (Å²) in [4.78, 5) is 33.1. The van der Waals surface area contributed by atoms with Crippen molar-refractivity contribution in [1.82, 2.24) is 9.97 Å². The van der Waals surface area contributed by atoms with Gasteiger partial charge in [-0.2, -0.15) is 0 Å². The lowest BCUT2D eigenvalue weighted by Crippen LogP contribution is -2.19. The number of nitrogens with one attached hydrogen (secondary N) is 2. The fourth-order valence-corrected chi connectivity index (χ4v) is 2.50. The Morgan fingerprint density at radius 2 is 1.56 bits per heavy atom. The van der Waals surface area contributed by atoms with Crippen molar-refractivity contribution < 1.29 is 9.59 Å². The first-order valence-corrected chi connectivity index (χ1v) is 8.64. The lowest BCUT2D eigenvalue weighted by atomic mass is 10.1. The van der Waals surface area contributed by atoms with Crippen molar-refractivity contribution in [2.45, 2.75) is 6.92 Å². The van der Waals surface area contributed by atoms with E-state index in [4.69, 9.17) is 23.2 Å². The lowest BCUT2D eigenvalue weighted by molar-refractivity contribution is 0.102. The number of hydrogen-bond donors (Lipinski definition) is 2. The fraction of sp³-hybridized carbons (Fsp3) is 0.0526. The second-order valence-corrected chi connectivity index (χ2v) is 6.56. The van der Waals surface area contributed by atoms with Gasteiger partial charge >= 0.3 is 0 Å². The van der Waals surface area contributed by atoms with Crippen molar-refractivity contribution in [2.75, 3.05) is 10.6 Å². The molecular weight excluding hydrogens is 387 g/mol. The number of nitrogens with zero attached hydrogens (tertiary/aromatic N) is 2. The summed E-state index contributed by atoms with van der Waals surface area (Å²) in [5.74, 6) is -0.501. The highest BCUT2D eigenvalue weighted by Gasteiger charge is 2.17. The summed E-state index contributed by atoms with van der Waals surface area (Å²) in [5, 5.41) is 5.96. The number of halogens is 2. The molecule has 136 valence electrons. The first-order chi connectivity index (χ1) is 12.9. The van der Waals surface area contributed by atoms with E-state index in [2.05, 4.69) is 20.6 Å². The molecule has 0 aliphatic carbocycles. The molecule has 27 heavy (non-hydrogen) atoms. The minimum atomic E-state index is -0.515. The van der Waals surface area contributed by atoms with Crippen LogP contribution in [0.5, 0.6) is 0 Å². The topological polar surface area (TPSA) is 84.0 Å². The largest absolute Gasteiger partial charge is 0.306 e. The highest BCUT2D eigenvalue weighted by molar-refractivity contribution is 6.31. The molecule has 3 rings (SSSR count). The molecule has 2 amide bonds. The van der Waals surface area contributed by atoms with E-state index in [1.54, 1.807) is 24.3 Å². The Morgan fingerprint density at radius 1 is 0.852 bits per heavy atom. The van der Waals surface area contributed by atoms with Crippen LogP contribution in [0, 0.1) is 6.92 Å². The third-order valence-electron chi connectivity index (χ3n) is 3.61. The molecule has 6 nitrogen and oxygen atoms in total. The second kappa shape index (κ2) is 8.16. The normalized spacial score (nSPS) is 10.3. The number of rotatable bonds is 4. The maximum atomic E-state index is 12.6. The molecule has 1 aromatic carbocycles. The van der Waals surface area contributed by atoms with Crippen molar-refractivity contribution >= 4 is 46.7 Å². The maximum Gasteiger partial charge on any atom is 0.260 e. The van der Waals surface area contributed by atoms with E-state index < -0.39 is 5.91 Å². The van der Waals surface area contributed by atoms with Crippen LogP contribution < -0.4 is 10.6 Å². The van der Waals surface area contributed by atoms with Gasteiger partial charge in [-0.3, -0.25) is 9.59 Å². The van der Waals surface area contributed by atoms with Gasteiger partial charge in [0.1, 0.15) is 11.6 Å². The van der Waals surface area contributed by atoms with Gasteiger partial charge in [-0.25, -0.2) is 9.97 Å². The standard InChI is InChI=1S/C19H14Cl2N4O2/c1-11-2-4-12(5-3-11)18(26)25-17-15(8-14(21)10-23-17)19(27)24-16-7-6-13(20)9-22-16/h2-10H,1H3,(H,22,24,27)(H,23,25,26). The molecule has 3 aromatic rings. The molecule has 0 atom stereocenters. The minimum Gasteiger partial charge on any atom is -0.306 e. The number of aryl methyl sites for hydroxylation is 1. The van der Waals surface area contributed by atoms with E-state index in [1.807, 2.05) is 19.1 Å². The van der Waals surface area contributed by atoms with E-state index in [0.717, 1.165) is 5.56 Å². The van der Waals surface area contributed by atoms with Crippen LogP contribution in [0.15, 0.2) is 54.9 Å². The van der Waals surface area contributed by atoms with Crippen molar-refractivity contribution in [3.63, 3.8) is 0 Å². The zero-order valence-electron chi connectivity index (χ0n) is 14.2. The van der Waals surface area contributed by atoms with Crippen LogP contribution in [-0.4, -0.2) is 21.8 Å². The Kier molecular flexibility index (Phi) is 5.69. The molecule has 0 radical (unpaired) electrons. The monoisotopic (exact) mass is 400 g/mol. The highest BCUT2D eigenvalue weighted by atomic mass is 35.5. The van der Waals surface area contributed by atoms with Crippen LogP contribution >= 0.6 is 23.2 Å². The number of carbonyl (C=O) groups is 2. The Balaban J connectivity index is 1.83. The third kappa shape index (κ3) is 4.81. The van der Waals surface area contributed by atoms with Crippen molar-refractivity contribution in [2.24, 2.45) is 0 Å². The van der Waals surface area contributed by atoms with Gasteiger partial charge in [-0.1, -0.05) is 40.9 Å². The molecule has 0 aliphatic heterocycles. The summed E-state index contributed by atoms with van der Waals surface area (Å²) in [6.45, 7) is 1.93. The SMILES string of the molecule is Cc1ccc(C(=O)Nc2ncc(Cl)cc2C(=O)Nc2ccc(Cl)cn2)cc1. The van der Waals surface area contributed by atoms with Gasteiger partial charge in [0.25, 0.3) is 11.8 Å². The van der Waals surface area contributed by atoms with Crippen LogP contribution in [0.2, 0.25) is 10.0 Å². The predicted molar refractivity (Wildman–Crippen MR) is 106 cm³/mol. The van der Waals surface area contributed by atoms with Gasteiger partial charge in [-0.15, -0.1) is 0 Å². The fourth-order valence-electron chi connectivity index (χ4n) is 2.23. The quantitative estimate of drug-likeness (QED) is 0.670. The molecule has 0 unspecified atom stereocenters. The maximum absolute atomic E-state index is 12.6. The molecule has 2 aromatic heterocycles. The van der Waals surface area contributed by atoms with E-state index in [1.165, 1.54) is 18.5 Å². The first-order valence-electron chi connectivity index (χ1n) is 7.89. The minimum absolute atomic E-state index is 0.0939. The summed E-state index contributed by atoms with van der Waals surface area (Å²) in [6.07, 6.45) is 2.76. The number of pyridine rings is 2. The van der Waals surface area contributed by atoms with E-state index in [0.29, 0.717) is 16.4 Å². The summed E-state index contributed by atoms with van der Waals surface area (Å²) in [5.41, 5.74) is 1.59. The Hall–Kier alpha value is -2.96. The van der Waals surface area contributed by atoms with Crippen molar-refractivity contribution in [1.29, 1.82) is 0 Å². The summed E-state index contributed by atoms with van der Waals surface area (Å²) in [6, 6.07) is 11.6. The van der Waals surface area contributed by atoms with E-state index >= 15 is 0 Å². The van der Waals surface area contributed by atoms with Gasteiger partial charge in [-0.05, 0) is 37.3 Å². The molecule has 0 spiro atoms. The second-order valence-electron chi connectivity index (χ2n) is 5.69. The number of hydrogen-bond acceptors (Lipinski definition) is 4. The first kappa shape index (κ1) is 18.8. The summed E-state index contributed by atoms with van der Waals surface area (Å²) >= 11 is 11.8. The van der Waals surface area contributed by atoms with Gasteiger partial charge in [0.05, 0.1) is 15.6 Å². The number of aromatic nitrogens is 2. The Bertz CT molecular complexity index is 990. The molecule has 8 heteroatoms.